The monoisotopic (exact) mass is 445 g/mol. The zero-order valence-corrected chi connectivity index (χ0v) is 18.9. The summed E-state index contributed by atoms with van der Waals surface area (Å²) in [6, 6.07) is 9.18. The molecule has 0 bridgehead atoms. The molecule has 2 N–H and O–H groups in total. The van der Waals surface area contributed by atoms with E-state index in [4.69, 9.17) is 9.47 Å². The van der Waals surface area contributed by atoms with E-state index in [0.29, 0.717) is 24.8 Å². The van der Waals surface area contributed by atoms with Gasteiger partial charge in [-0.1, -0.05) is 18.2 Å². The maximum Gasteiger partial charge on any atom is 0.332 e. The van der Waals surface area contributed by atoms with Gasteiger partial charge < -0.3 is 24.5 Å². The lowest BCUT2D eigenvalue weighted by molar-refractivity contribution is 0.0786. The first-order valence-electron chi connectivity index (χ1n) is 10.7. The minimum absolute atomic E-state index is 0.0391. The van der Waals surface area contributed by atoms with Crippen molar-refractivity contribution in [1.82, 2.24) is 18.7 Å². The van der Waals surface area contributed by atoms with Crippen molar-refractivity contribution in [2.24, 2.45) is 14.1 Å². The lowest BCUT2D eigenvalue weighted by Gasteiger charge is -2.16. The van der Waals surface area contributed by atoms with Gasteiger partial charge >= 0.3 is 5.69 Å². The van der Waals surface area contributed by atoms with E-state index in [1.54, 1.807) is 23.7 Å². The molecule has 0 aliphatic carbocycles. The molecule has 174 valence electrons. The molecule has 0 aliphatic heterocycles. The third-order valence-electron chi connectivity index (χ3n) is 4.98. The van der Waals surface area contributed by atoms with E-state index in [1.165, 1.54) is 11.6 Å². The second-order valence-electron chi connectivity index (χ2n) is 7.90. The number of aryl methyl sites for hydroxylation is 1. The Morgan fingerprint density at radius 2 is 1.84 bits per heavy atom. The summed E-state index contributed by atoms with van der Waals surface area (Å²) >= 11 is 0. The number of hydrogen-bond acceptors (Lipinski definition) is 7. The molecule has 1 atom stereocenters. The van der Waals surface area contributed by atoms with Gasteiger partial charge in [-0.15, -0.1) is 0 Å². The first-order valence-corrected chi connectivity index (χ1v) is 10.7. The summed E-state index contributed by atoms with van der Waals surface area (Å²) < 4.78 is 15.2. The Morgan fingerprint density at radius 3 is 2.53 bits per heavy atom. The Kier molecular flexibility index (Phi) is 7.70. The molecule has 2 heterocycles. The Morgan fingerprint density at radius 1 is 1.12 bits per heavy atom. The molecule has 0 amide bonds. The fourth-order valence-electron chi connectivity index (χ4n) is 3.32. The zero-order valence-electron chi connectivity index (χ0n) is 18.9. The van der Waals surface area contributed by atoms with Gasteiger partial charge in [0.05, 0.1) is 12.6 Å². The van der Waals surface area contributed by atoms with Crippen LogP contribution in [0.2, 0.25) is 0 Å². The molecule has 3 rings (SSSR count). The quantitative estimate of drug-likeness (QED) is 0.425. The topological polar surface area (TPSA) is 113 Å². The van der Waals surface area contributed by atoms with Crippen LogP contribution in [0.25, 0.3) is 11.2 Å². The van der Waals surface area contributed by atoms with Gasteiger partial charge in [-0.3, -0.25) is 13.9 Å². The second-order valence-corrected chi connectivity index (χ2v) is 7.90. The standard InChI is InChI=1S/C22H31N5O5/c1-15(2)31-12-8-11-23-21-24-19-18(20(29)26(4)22(30)25(19)3)27(21)13-16(28)14-32-17-9-6-5-7-10-17/h5-7,9-10,15-16,28H,8,11-14H2,1-4H3,(H,23,24)/t16-/m1/s1. The van der Waals surface area contributed by atoms with Crippen LogP contribution in [0.15, 0.2) is 39.9 Å². The predicted molar refractivity (Wildman–Crippen MR) is 122 cm³/mol. The van der Waals surface area contributed by atoms with Gasteiger partial charge in [0, 0.05) is 27.2 Å². The largest absolute Gasteiger partial charge is 0.491 e. The normalized spacial score (nSPS) is 12.4. The van der Waals surface area contributed by atoms with E-state index < -0.39 is 17.4 Å². The zero-order chi connectivity index (χ0) is 23.3. The highest BCUT2D eigenvalue weighted by atomic mass is 16.5. The van der Waals surface area contributed by atoms with Gasteiger partial charge in [0.15, 0.2) is 11.2 Å². The van der Waals surface area contributed by atoms with Crippen LogP contribution < -0.4 is 21.3 Å². The summed E-state index contributed by atoms with van der Waals surface area (Å²) in [4.78, 5) is 29.7. The Labute approximate surface area is 186 Å². The lowest BCUT2D eigenvalue weighted by atomic mass is 10.3. The van der Waals surface area contributed by atoms with Crippen LogP contribution in [0.4, 0.5) is 5.95 Å². The number of aliphatic hydroxyl groups excluding tert-OH is 1. The highest BCUT2D eigenvalue weighted by Crippen LogP contribution is 2.17. The van der Waals surface area contributed by atoms with E-state index >= 15 is 0 Å². The summed E-state index contributed by atoms with van der Waals surface area (Å²) in [5.74, 6) is 1.05. The highest BCUT2D eigenvalue weighted by molar-refractivity contribution is 5.74. The number of fused-ring (bicyclic) bond motifs is 1. The molecule has 10 heteroatoms. The van der Waals surface area contributed by atoms with Crippen molar-refractivity contribution >= 4 is 17.1 Å². The van der Waals surface area contributed by atoms with Crippen LogP contribution in [0.5, 0.6) is 5.75 Å². The minimum Gasteiger partial charge on any atom is -0.491 e. The van der Waals surface area contributed by atoms with Crippen LogP contribution in [0.3, 0.4) is 0 Å². The van der Waals surface area contributed by atoms with Gasteiger partial charge in [0.25, 0.3) is 5.56 Å². The molecule has 0 aliphatic rings. The SMILES string of the molecule is CC(C)OCCCNc1nc2c(c(=O)n(C)c(=O)n2C)n1C[C@@H](O)COc1ccccc1. The van der Waals surface area contributed by atoms with E-state index in [0.717, 1.165) is 11.0 Å². The Balaban J connectivity index is 1.85. The van der Waals surface area contributed by atoms with Crippen molar-refractivity contribution in [2.75, 3.05) is 25.1 Å². The van der Waals surface area contributed by atoms with Gasteiger partial charge in [-0.25, -0.2) is 4.79 Å². The van der Waals surface area contributed by atoms with Gasteiger partial charge in [0.2, 0.25) is 5.95 Å². The summed E-state index contributed by atoms with van der Waals surface area (Å²) in [6.07, 6.45) is -0.0193. The second kappa shape index (κ2) is 10.5. The summed E-state index contributed by atoms with van der Waals surface area (Å²) in [5.41, 5.74) is -0.426. The van der Waals surface area contributed by atoms with Crippen molar-refractivity contribution < 1.29 is 14.6 Å². The number of hydrogen-bond donors (Lipinski definition) is 2. The van der Waals surface area contributed by atoms with Crippen LogP contribution in [0.1, 0.15) is 20.3 Å². The number of aromatic nitrogens is 4. The predicted octanol–water partition coefficient (Wildman–Crippen LogP) is 1.10. The fourth-order valence-corrected chi connectivity index (χ4v) is 3.32. The van der Waals surface area contributed by atoms with Crippen LogP contribution in [0, 0.1) is 0 Å². The molecule has 10 nitrogen and oxygen atoms in total. The van der Waals surface area contributed by atoms with Gasteiger partial charge in [0.1, 0.15) is 18.5 Å². The first-order chi connectivity index (χ1) is 15.3. The molecule has 32 heavy (non-hydrogen) atoms. The number of anilines is 1. The fraction of sp³-hybridized carbons (Fsp3) is 0.500. The number of para-hydroxylation sites is 1. The number of rotatable bonds is 11. The smallest absolute Gasteiger partial charge is 0.332 e. The third-order valence-corrected chi connectivity index (χ3v) is 4.98. The van der Waals surface area contributed by atoms with Crippen molar-refractivity contribution in [1.29, 1.82) is 0 Å². The maximum absolute atomic E-state index is 12.9. The van der Waals surface area contributed by atoms with E-state index in [1.807, 2.05) is 32.0 Å². The number of nitrogens with one attached hydrogen (secondary N) is 1. The highest BCUT2D eigenvalue weighted by Gasteiger charge is 2.21. The van der Waals surface area contributed by atoms with Crippen LogP contribution >= 0.6 is 0 Å². The first kappa shape index (κ1) is 23.6. The van der Waals surface area contributed by atoms with E-state index in [2.05, 4.69) is 10.3 Å². The number of imidazole rings is 1. The minimum atomic E-state index is -0.903. The average Bonchev–Trinajstić information content (AvgIpc) is 3.13. The average molecular weight is 446 g/mol. The van der Waals surface area contributed by atoms with Gasteiger partial charge in [-0.05, 0) is 32.4 Å². The summed E-state index contributed by atoms with van der Waals surface area (Å²) in [5, 5.41) is 13.8. The van der Waals surface area contributed by atoms with Crippen molar-refractivity contribution in [3.05, 3.63) is 51.2 Å². The van der Waals surface area contributed by atoms with Crippen LogP contribution in [-0.4, -0.2) is 55.8 Å². The maximum atomic E-state index is 12.9. The molecule has 0 radical (unpaired) electrons. The molecule has 2 aromatic heterocycles. The molecule has 0 saturated heterocycles. The lowest BCUT2D eigenvalue weighted by Crippen LogP contribution is -2.38. The molecular weight excluding hydrogens is 414 g/mol. The molecule has 3 aromatic rings. The van der Waals surface area contributed by atoms with Gasteiger partial charge in [-0.2, -0.15) is 4.98 Å². The van der Waals surface area contributed by atoms with Crippen molar-refractivity contribution in [3.8, 4) is 5.75 Å². The molecule has 1 aromatic carbocycles. The molecule has 0 spiro atoms. The Bertz CT molecular complexity index is 1150. The number of aliphatic hydroxyl groups is 1. The molecule has 0 fully saturated rings. The van der Waals surface area contributed by atoms with Crippen LogP contribution in [-0.2, 0) is 25.4 Å². The summed E-state index contributed by atoms with van der Waals surface area (Å²) in [7, 11) is 2.99. The number of ether oxygens (including phenoxy) is 2. The summed E-state index contributed by atoms with van der Waals surface area (Å²) in [6.45, 7) is 5.20. The molecule has 0 unspecified atom stereocenters. The number of nitrogens with zero attached hydrogens (tertiary/aromatic N) is 4. The van der Waals surface area contributed by atoms with Crippen molar-refractivity contribution in [3.63, 3.8) is 0 Å². The number of benzene rings is 1. The van der Waals surface area contributed by atoms with E-state index in [-0.39, 0.29) is 30.4 Å². The van der Waals surface area contributed by atoms with Crippen molar-refractivity contribution in [2.45, 2.75) is 39.0 Å². The molecular formula is C22H31N5O5. The third kappa shape index (κ3) is 5.38. The Hall–Kier alpha value is -3.11. The molecule has 0 saturated carbocycles. The van der Waals surface area contributed by atoms with E-state index in [9.17, 15) is 14.7 Å².